The largest absolute Gasteiger partial charge is 0.458 e. The van der Waals surface area contributed by atoms with Gasteiger partial charge in [-0.3, -0.25) is 4.39 Å². The first-order chi connectivity index (χ1) is 13.7. The molecule has 3 rings (SSSR count). The van der Waals surface area contributed by atoms with E-state index in [1.807, 2.05) is 0 Å². The molecule has 0 bridgehead atoms. The fraction of sp³-hybridized carbons (Fsp3) is 0.739. The molecule has 0 amide bonds. The van der Waals surface area contributed by atoms with Crippen molar-refractivity contribution in [1.82, 2.24) is 0 Å². The molecule has 2 aliphatic carbocycles. The zero-order valence-electron chi connectivity index (χ0n) is 16.7. The van der Waals surface area contributed by atoms with E-state index >= 15 is 0 Å². The van der Waals surface area contributed by atoms with E-state index in [0.717, 1.165) is 55.7 Å². The Labute approximate surface area is 169 Å². The van der Waals surface area contributed by atoms with Crippen LogP contribution in [0.1, 0.15) is 81.3 Å². The maximum Gasteiger partial charge on any atom is 0.458 e. The average molecular weight is 420 g/mol. The summed E-state index contributed by atoms with van der Waals surface area (Å²) >= 11 is 0. The number of alkyl halides is 6. The molecule has 1 aromatic rings. The van der Waals surface area contributed by atoms with Crippen molar-refractivity contribution in [2.45, 2.75) is 82.2 Å². The van der Waals surface area contributed by atoms with Gasteiger partial charge in [0.05, 0.1) is 6.67 Å². The smallest absolute Gasteiger partial charge is 0.251 e. The minimum absolute atomic E-state index is 0.223. The maximum absolute atomic E-state index is 13.4. The lowest BCUT2D eigenvalue weighted by atomic mass is 9.68. The Kier molecular flexibility index (Phi) is 7.21. The molecule has 0 N–H and O–H groups in total. The van der Waals surface area contributed by atoms with Crippen molar-refractivity contribution in [2.24, 2.45) is 17.8 Å². The molecule has 0 heterocycles. The van der Waals surface area contributed by atoms with Gasteiger partial charge in [0.15, 0.2) is 0 Å². The number of hydrogen-bond acceptors (Lipinski definition) is 0. The third kappa shape index (κ3) is 5.29. The second-order valence-corrected chi connectivity index (χ2v) is 8.92. The van der Waals surface area contributed by atoms with Gasteiger partial charge < -0.3 is 0 Å². The van der Waals surface area contributed by atoms with Crippen LogP contribution < -0.4 is 0 Å². The quantitative estimate of drug-likeness (QED) is 0.407. The Bertz CT molecular complexity index is 620. The Morgan fingerprint density at radius 1 is 0.724 bits per heavy atom. The van der Waals surface area contributed by atoms with Crippen LogP contribution in [-0.4, -0.2) is 12.9 Å². The highest BCUT2D eigenvalue weighted by Gasteiger charge is 2.58. The van der Waals surface area contributed by atoms with Gasteiger partial charge in [-0.05, 0) is 80.6 Å². The lowest BCUT2D eigenvalue weighted by Gasteiger charge is -2.38. The molecule has 0 nitrogen and oxygen atoms in total. The van der Waals surface area contributed by atoms with E-state index in [1.165, 1.54) is 37.8 Å². The molecule has 2 fully saturated rings. The standard InChI is InChI=1S/C23H30F6/c24-15-1-2-16-3-5-17(6-4-16)18-7-9-19(10-8-18)20-11-13-21(14-12-20)22(25,26)23(27,28)29/h11-14,16-19H,1-10,15H2. The highest BCUT2D eigenvalue weighted by atomic mass is 19.4. The van der Waals surface area contributed by atoms with Crippen molar-refractivity contribution in [1.29, 1.82) is 0 Å². The van der Waals surface area contributed by atoms with Gasteiger partial charge in [0.2, 0.25) is 0 Å². The predicted octanol–water partition coefficient (Wildman–Crippen LogP) is 8.17. The van der Waals surface area contributed by atoms with Crippen molar-refractivity contribution in [2.75, 3.05) is 6.67 Å². The summed E-state index contributed by atoms with van der Waals surface area (Å²) in [6.07, 6.45) is 5.02. The van der Waals surface area contributed by atoms with Crippen LogP contribution in [0.5, 0.6) is 0 Å². The van der Waals surface area contributed by atoms with Gasteiger partial charge in [-0.25, -0.2) is 0 Å². The van der Waals surface area contributed by atoms with Crippen LogP contribution in [0.15, 0.2) is 24.3 Å². The van der Waals surface area contributed by atoms with E-state index in [9.17, 15) is 26.3 Å². The van der Waals surface area contributed by atoms with Crippen LogP contribution >= 0.6 is 0 Å². The zero-order valence-corrected chi connectivity index (χ0v) is 16.7. The molecule has 6 heteroatoms. The molecular weight excluding hydrogens is 390 g/mol. The van der Waals surface area contributed by atoms with Crippen molar-refractivity contribution >= 4 is 0 Å². The average Bonchev–Trinajstić information content (AvgIpc) is 2.72. The van der Waals surface area contributed by atoms with Crippen LogP contribution in [0.3, 0.4) is 0 Å². The van der Waals surface area contributed by atoms with E-state index < -0.39 is 17.7 Å². The molecular formula is C23H30F6. The lowest BCUT2D eigenvalue weighted by Crippen LogP contribution is -2.33. The normalized spacial score (nSPS) is 29.0. The predicted molar refractivity (Wildman–Crippen MR) is 102 cm³/mol. The lowest BCUT2D eigenvalue weighted by molar-refractivity contribution is -0.289. The molecule has 0 atom stereocenters. The van der Waals surface area contributed by atoms with E-state index in [0.29, 0.717) is 18.3 Å². The number of halogens is 6. The van der Waals surface area contributed by atoms with Crippen LogP contribution in [0, 0.1) is 17.8 Å². The Morgan fingerprint density at radius 3 is 1.72 bits per heavy atom. The number of benzene rings is 1. The van der Waals surface area contributed by atoms with Crippen molar-refractivity contribution < 1.29 is 26.3 Å². The minimum Gasteiger partial charge on any atom is -0.251 e. The molecule has 0 saturated heterocycles. The van der Waals surface area contributed by atoms with Gasteiger partial charge in [0.25, 0.3) is 0 Å². The van der Waals surface area contributed by atoms with Gasteiger partial charge in [0.1, 0.15) is 0 Å². The summed E-state index contributed by atoms with van der Waals surface area (Å²) in [5.74, 6) is -2.49. The third-order valence-electron chi connectivity index (χ3n) is 7.18. The molecule has 2 aliphatic rings. The molecule has 29 heavy (non-hydrogen) atoms. The van der Waals surface area contributed by atoms with E-state index in [1.54, 1.807) is 0 Å². The van der Waals surface area contributed by atoms with Crippen LogP contribution in [0.25, 0.3) is 0 Å². The first-order valence-corrected chi connectivity index (χ1v) is 10.8. The zero-order chi connectivity index (χ0) is 21.1. The minimum atomic E-state index is -5.57. The van der Waals surface area contributed by atoms with Gasteiger partial charge >= 0.3 is 12.1 Å². The number of hydrogen-bond donors (Lipinski definition) is 0. The molecule has 0 spiro atoms. The number of rotatable bonds is 6. The SMILES string of the molecule is FCCCC1CCC(C2CCC(c3ccc(C(F)(F)C(F)(F)F)cc3)CC2)CC1. The van der Waals surface area contributed by atoms with E-state index in [2.05, 4.69) is 0 Å². The molecule has 0 radical (unpaired) electrons. The van der Waals surface area contributed by atoms with Crippen molar-refractivity contribution in [3.8, 4) is 0 Å². The van der Waals surface area contributed by atoms with Gasteiger partial charge in [-0.15, -0.1) is 0 Å². The first-order valence-electron chi connectivity index (χ1n) is 10.8. The summed E-state index contributed by atoms with van der Waals surface area (Å²) in [5, 5.41) is 0. The van der Waals surface area contributed by atoms with Crippen LogP contribution in [0.2, 0.25) is 0 Å². The molecule has 0 unspecified atom stereocenters. The molecule has 164 valence electrons. The highest BCUT2D eigenvalue weighted by molar-refractivity contribution is 5.29. The Hall–Kier alpha value is -1.20. The first kappa shape index (κ1) is 22.5. The van der Waals surface area contributed by atoms with Crippen molar-refractivity contribution in [3.05, 3.63) is 35.4 Å². The van der Waals surface area contributed by atoms with E-state index in [-0.39, 0.29) is 12.6 Å². The van der Waals surface area contributed by atoms with Crippen molar-refractivity contribution in [3.63, 3.8) is 0 Å². The van der Waals surface area contributed by atoms with Crippen LogP contribution in [-0.2, 0) is 5.92 Å². The second-order valence-electron chi connectivity index (χ2n) is 8.92. The Balaban J connectivity index is 1.50. The summed E-state index contributed by atoms with van der Waals surface area (Å²) < 4.78 is 76.8. The molecule has 0 aromatic heterocycles. The monoisotopic (exact) mass is 420 g/mol. The second kappa shape index (κ2) is 9.30. The maximum atomic E-state index is 13.4. The summed E-state index contributed by atoms with van der Waals surface area (Å²) in [4.78, 5) is 0. The fourth-order valence-corrected chi connectivity index (χ4v) is 5.37. The summed E-state index contributed by atoms with van der Waals surface area (Å²) in [6.45, 7) is -0.223. The van der Waals surface area contributed by atoms with Gasteiger partial charge in [0, 0.05) is 5.56 Å². The van der Waals surface area contributed by atoms with E-state index in [4.69, 9.17) is 0 Å². The summed E-state index contributed by atoms with van der Waals surface area (Å²) in [5.41, 5.74) is -0.132. The summed E-state index contributed by atoms with van der Waals surface area (Å²) in [7, 11) is 0. The van der Waals surface area contributed by atoms with Gasteiger partial charge in [-0.2, -0.15) is 22.0 Å². The molecule has 1 aromatic carbocycles. The topological polar surface area (TPSA) is 0 Å². The summed E-state index contributed by atoms with van der Waals surface area (Å²) in [6, 6.07) is 4.73. The highest BCUT2D eigenvalue weighted by Crippen LogP contribution is 2.46. The molecule has 2 saturated carbocycles. The van der Waals surface area contributed by atoms with Crippen LogP contribution in [0.4, 0.5) is 26.3 Å². The fourth-order valence-electron chi connectivity index (χ4n) is 5.37. The van der Waals surface area contributed by atoms with Gasteiger partial charge in [-0.1, -0.05) is 37.1 Å². The Morgan fingerprint density at radius 2 is 1.24 bits per heavy atom. The molecule has 0 aliphatic heterocycles. The third-order valence-corrected chi connectivity index (χ3v) is 7.18.